The molecule has 3 rings (SSSR count). The van der Waals surface area contributed by atoms with Gasteiger partial charge in [-0.2, -0.15) is 0 Å². The smallest absolute Gasteiger partial charge is 0.340 e. The van der Waals surface area contributed by atoms with E-state index in [1.54, 1.807) is 55.5 Å². The molecule has 2 amide bonds. The number of rotatable bonds is 5. The van der Waals surface area contributed by atoms with Crippen LogP contribution in [0.4, 0.5) is 11.4 Å². The van der Waals surface area contributed by atoms with Crippen molar-refractivity contribution in [1.82, 2.24) is 0 Å². The Labute approximate surface area is 162 Å². The van der Waals surface area contributed by atoms with Crippen molar-refractivity contribution in [3.8, 4) is 0 Å². The van der Waals surface area contributed by atoms with Crippen molar-refractivity contribution in [2.24, 2.45) is 5.92 Å². The number of hydrogen-bond donors (Lipinski definition) is 1. The van der Waals surface area contributed by atoms with Crippen molar-refractivity contribution in [2.75, 3.05) is 23.4 Å². The maximum Gasteiger partial charge on any atom is 0.340 e. The molecule has 1 aliphatic rings. The fraction of sp³-hybridized carbons (Fsp3) is 0.250. The Bertz CT molecular complexity index is 884. The van der Waals surface area contributed by atoms with E-state index in [1.807, 2.05) is 0 Å². The van der Waals surface area contributed by atoms with Crippen LogP contribution in [0, 0.1) is 5.92 Å². The van der Waals surface area contributed by atoms with E-state index in [-0.39, 0.29) is 31.4 Å². The predicted molar refractivity (Wildman–Crippen MR) is 103 cm³/mol. The minimum absolute atomic E-state index is 0.0629. The third-order valence-corrected chi connectivity index (χ3v) is 4.65. The molecular weight excluding hydrogens is 368 g/mol. The fourth-order valence-corrected chi connectivity index (χ4v) is 3.19. The van der Waals surface area contributed by atoms with Crippen LogP contribution in [-0.2, 0) is 14.3 Å². The van der Waals surface area contributed by atoms with E-state index >= 15 is 0 Å². The Hall–Kier alpha value is -2.86. The first-order chi connectivity index (χ1) is 13.0. The summed E-state index contributed by atoms with van der Waals surface area (Å²) in [5.41, 5.74) is 1.26. The molecule has 0 bridgehead atoms. The zero-order chi connectivity index (χ0) is 19.4. The van der Waals surface area contributed by atoms with Crippen LogP contribution >= 0.6 is 11.6 Å². The molecule has 0 saturated carbocycles. The number of para-hydroxylation sites is 2. The van der Waals surface area contributed by atoms with Crippen molar-refractivity contribution in [3.05, 3.63) is 59.1 Å². The first kappa shape index (κ1) is 18.9. The van der Waals surface area contributed by atoms with E-state index in [1.165, 1.54) is 4.90 Å². The van der Waals surface area contributed by atoms with Gasteiger partial charge in [-0.25, -0.2) is 4.79 Å². The Morgan fingerprint density at radius 3 is 2.63 bits per heavy atom. The first-order valence-corrected chi connectivity index (χ1v) is 9.01. The highest BCUT2D eigenvalue weighted by atomic mass is 35.5. The Kier molecular flexibility index (Phi) is 5.76. The van der Waals surface area contributed by atoms with E-state index in [4.69, 9.17) is 16.3 Å². The number of carbonyl (C=O) groups is 3. The molecule has 0 spiro atoms. The summed E-state index contributed by atoms with van der Waals surface area (Å²) in [5.74, 6) is -1.53. The SMILES string of the molecule is CCOC(=O)c1ccccc1N1CC(C(=O)Nc2ccccc2Cl)CC1=O. The average Bonchev–Trinajstić information content (AvgIpc) is 3.05. The van der Waals surface area contributed by atoms with Crippen molar-refractivity contribution < 1.29 is 19.1 Å². The average molecular weight is 387 g/mol. The van der Waals surface area contributed by atoms with Gasteiger partial charge in [0.05, 0.1) is 34.5 Å². The Balaban J connectivity index is 1.77. The van der Waals surface area contributed by atoms with Crippen LogP contribution in [0.3, 0.4) is 0 Å². The van der Waals surface area contributed by atoms with E-state index in [2.05, 4.69) is 5.32 Å². The summed E-state index contributed by atoms with van der Waals surface area (Å²) < 4.78 is 5.06. The van der Waals surface area contributed by atoms with Crippen LogP contribution < -0.4 is 10.2 Å². The number of halogens is 1. The van der Waals surface area contributed by atoms with Gasteiger partial charge in [0.1, 0.15) is 0 Å². The van der Waals surface area contributed by atoms with Crippen molar-refractivity contribution in [1.29, 1.82) is 0 Å². The lowest BCUT2D eigenvalue weighted by Gasteiger charge is -2.19. The minimum atomic E-state index is -0.538. The second-order valence-corrected chi connectivity index (χ2v) is 6.52. The normalized spacial score (nSPS) is 16.3. The Morgan fingerprint density at radius 1 is 1.19 bits per heavy atom. The number of hydrogen-bond acceptors (Lipinski definition) is 4. The summed E-state index contributed by atoms with van der Waals surface area (Å²) in [6, 6.07) is 13.6. The standard InChI is InChI=1S/C20H19ClN2O4/c1-2-27-20(26)14-7-3-6-10-17(14)23-12-13(11-18(23)24)19(25)22-16-9-5-4-8-15(16)21/h3-10,13H,2,11-12H2,1H3,(H,22,25). The van der Waals surface area contributed by atoms with Crippen molar-refractivity contribution in [3.63, 3.8) is 0 Å². The largest absolute Gasteiger partial charge is 0.462 e. The summed E-state index contributed by atoms with van der Waals surface area (Å²) in [6.07, 6.45) is 0.0629. The van der Waals surface area contributed by atoms with E-state index in [0.717, 1.165) is 0 Å². The number of nitrogens with one attached hydrogen (secondary N) is 1. The molecule has 0 aromatic heterocycles. The lowest BCUT2D eigenvalue weighted by molar-refractivity contribution is -0.122. The number of carbonyl (C=O) groups excluding carboxylic acids is 3. The van der Waals surface area contributed by atoms with Gasteiger partial charge in [-0.05, 0) is 31.2 Å². The topological polar surface area (TPSA) is 75.7 Å². The first-order valence-electron chi connectivity index (χ1n) is 8.63. The lowest BCUT2D eigenvalue weighted by atomic mass is 10.1. The molecule has 1 aliphatic heterocycles. The molecule has 1 atom stereocenters. The predicted octanol–water partition coefficient (Wildman–Crippen LogP) is 3.51. The van der Waals surface area contributed by atoms with Crippen LogP contribution in [0.1, 0.15) is 23.7 Å². The highest BCUT2D eigenvalue weighted by Gasteiger charge is 2.36. The van der Waals surface area contributed by atoms with Crippen LogP contribution in [0.2, 0.25) is 5.02 Å². The minimum Gasteiger partial charge on any atom is -0.462 e. The lowest BCUT2D eigenvalue weighted by Crippen LogP contribution is -2.29. The molecule has 0 radical (unpaired) electrons. The van der Waals surface area contributed by atoms with Gasteiger partial charge in [0.2, 0.25) is 11.8 Å². The highest BCUT2D eigenvalue weighted by molar-refractivity contribution is 6.33. The summed E-state index contributed by atoms with van der Waals surface area (Å²) >= 11 is 6.07. The molecular formula is C20H19ClN2O4. The zero-order valence-corrected chi connectivity index (χ0v) is 15.5. The van der Waals surface area contributed by atoms with Crippen LogP contribution in [-0.4, -0.2) is 30.9 Å². The van der Waals surface area contributed by atoms with Gasteiger partial charge >= 0.3 is 5.97 Å². The van der Waals surface area contributed by atoms with E-state index in [9.17, 15) is 14.4 Å². The van der Waals surface area contributed by atoms with Crippen LogP contribution in [0.25, 0.3) is 0 Å². The molecule has 2 aromatic carbocycles. The van der Waals surface area contributed by atoms with E-state index in [0.29, 0.717) is 22.0 Å². The van der Waals surface area contributed by atoms with Crippen LogP contribution in [0.15, 0.2) is 48.5 Å². The zero-order valence-electron chi connectivity index (χ0n) is 14.8. The van der Waals surface area contributed by atoms with Gasteiger partial charge in [0.25, 0.3) is 0 Å². The monoisotopic (exact) mass is 386 g/mol. The molecule has 140 valence electrons. The molecule has 1 fully saturated rings. The van der Waals surface area contributed by atoms with E-state index < -0.39 is 11.9 Å². The Morgan fingerprint density at radius 2 is 1.89 bits per heavy atom. The quantitative estimate of drug-likeness (QED) is 0.798. The molecule has 7 heteroatoms. The number of benzene rings is 2. The number of amides is 2. The molecule has 1 saturated heterocycles. The van der Waals surface area contributed by atoms with Crippen LogP contribution in [0.5, 0.6) is 0 Å². The van der Waals surface area contributed by atoms with Gasteiger partial charge < -0.3 is 15.0 Å². The third kappa shape index (κ3) is 4.11. The third-order valence-electron chi connectivity index (χ3n) is 4.32. The molecule has 27 heavy (non-hydrogen) atoms. The number of nitrogens with zero attached hydrogens (tertiary/aromatic N) is 1. The molecule has 1 heterocycles. The van der Waals surface area contributed by atoms with Gasteiger partial charge in [0, 0.05) is 13.0 Å². The molecule has 1 N–H and O–H groups in total. The molecule has 1 unspecified atom stereocenters. The second kappa shape index (κ2) is 8.22. The van der Waals surface area contributed by atoms with Crippen molar-refractivity contribution >= 4 is 40.8 Å². The highest BCUT2D eigenvalue weighted by Crippen LogP contribution is 2.30. The maximum atomic E-state index is 12.6. The summed E-state index contributed by atoms with van der Waals surface area (Å²) in [4.78, 5) is 38.7. The number of esters is 1. The maximum absolute atomic E-state index is 12.6. The van der Waals surface area contributed by atoms with Gasteiger partial charge in [-0.3, -0.25) is 9.59 Å². The number of anilines is 2. The summed E-state index contributed by atoms with van der Waals surface area (Å²) in [5, 5.41) is 3.19. The van der Waals surface area contributed by atoms with Crippen molar-refractivity contribution in [2.45, 2.75) is 13.3 Å². The molecule has 6 nitrogen and oxygen atoms in total. The van der Waals surface area contributed by atoms with Gasteiger partial charge in [0.15, 0.2) is 0 Å². The number of ether oxygens (including phenoxy) is 1. The molecule has 2 aromatic rings. The second-order valence-electron chi connectivity index (χ2n) is 6.11. The van der Waals surface area contributed by atoms with Gasteiger partial charge in [-0.15, -0.1) is 0 Å². The van der Waals surface area contributed by atoms with Gasteiger partial charge in [-0.1, -0.05) is 35.9 Å². The molecule has 0 aliphatic carbocycles. The fourth-order valence-electron chi connectivity index (χ4n) is 3.00. The summed E-state index contributed by atoms with van der Waals surface area (Å²) in [6.45, 7) is 2.14. The summed E-state index contributed by atoms with van der Waals surface area (Å²) in [7, 11) is 0.